The van der Waals surface area contributed by atoms with Gasteiger partial charge in [-0.3, -0.25) is 9.59 Å². The summed E-state index contributed by atoms with van der Waals surface area (Å²) in [6.07, 6.45) is 1.71. The van der Waals surface area contributed by atoms with Crippen LogP contribution in [0.2, 0.25) is 0 Å². The van der Waals surface area contributed by atoms with E-state index in [0.717, 1.165) is 33.7 Å². The second-order valence-electron chi connectivity index (χ2n) is 6.62. The molecule has 0 atom stereocenters. The molecule has 2 aromatic carbocycles. The SMILES string of the molecule is CCOc1ccc(/C=N/NC(=O)CCC(=O)Nc2c(C)cc(C)cc2C)cc1. The zero-order chi connectivity index (χ0) is 20.5. The monoisotopic (exact) mass is 381 g/mol. The van der Waals surface area contributed by atoms with Gasteiger partial charge in [0, 0.05) is 18.5 Å². The Hall–Kier alpha value is -3.15. The summed E-state index contributed by atoms with van der Waals surface area (Å²) < 4.78 is 5.37. The first-order chi connectivity index (χ1) is 13.4. The lowest BCUT2D eigenvalue weighted by atomic mass is 10.0. The maximum atomic E-state index is 12.1. The van der Waals surface area contributed by atoms with Crippen LogP contribution in [0.25, 0.3) is 0 Å². The van der Waals surface area contributed by atoms with E-state index in [2.05, 4.69) is 15.8 Å². The predicted octanol–water partition coefficient (Wildman–Crippen LogP) is 3.88. The first-order valence-corrected chi connectivity index (χ1v) is 9.31. The van der Waals surface area contributed by atoms with E-state index in [1.807, 2.05) is 64.1 Å². The topological polar surface area (TPSA) is 79.8 Å². The third-order valence-corrected chi connectivity index (χ3v) is 4.11. The van der Waals surface area contributed by atoms with Gasteiger partial charge in [-0.2, -0.15) is 5.10 Å². The first kappa shape index (κ1) is 21.2. The number of carbonyl (C=O) groups is 2. The summed E-state index contributed by atoms with van der Waals surface area (Å²) in [7, 11) is 0. The van der Waals surface area contributed by atoms with Crippen LogP contribution in [0.5, 0.6) is 5.75 Å². The fourth-order valence-electron chi connectivity index (χ4n) is 2.86. The molecule has 0 heterocycles. The second kappa shape index (κ2) is 10.3. The molecule has 28 heavy (non-hydrogen) atoms. The third-order valence-electron chi connectivity index (χ3n) is 4.11. The van der Waals surface area contributed by atoms with Crippen LogP contribution in [-0.2, 0) is 9.59 Å². The van der Waals surface area contributed by atoms with Crippen LogP contribution in [0.15, 0.2) is 41.5 Å². The average molecular weight is 381 g/mol. The van der Waals surface area contributed by atoms with Crippen molar-refractivity contribution in [3.63, 3.8) is 0 Å². The van der Waals surface area contributed by atoms with Gasteiger partial charge in [0.15, 0.2) is 0 Å². The van der Waals surface area contributed by atoms with E-state index in [9.17, 15) is 9.59 Å². The summed E-state index contributed by atoms with van der Waals surface area (Å²) in [6.45, 7) is 8.47. The Kier molecular flexibility index (Phi) is 7.75. The van der Waals surface area contributed by atoms with Crippen molar-refractivity contribution in [1.82, 2.24) is 5.43 Å². The van der Waals surface area contributed by atoms with E-state index in [4.69, 9.17) is 4.74 Å². The Balaban J connectivity index is 1.78. The number of nitrogens with one attached hydrogen (secondary N) is 2. The lowest BCUT2D eigenvalue weighted by Crippen LogP contribution is -2.21. The number of carbonyl (C=O) groups excluding carboxylic acids is 2. The number of aryl methyl sites for hydroxylation is 3. The van der Waals surface area contributed by atoms with Crippen LogP contribution >= 0.6 is 0 Å². The largest absolute Gasteiger partial charge is 0.494 e. The highest BCUT2D eigenvalue weighted by molar-refractivity contribution is 5.94. The molecule has 0 aliphatic carbocycles. The number of benzene rings is 2. The van der Waals surface area contributed by atoms with Gasteiger partial charge < -0.3 is 10.1 Å². The third kappa shape index (κ3) is 6.54. The molecule has 6 heteroatoms. The molecule has 0 aromatic heterocycles. The van der Waals surface area contributed by atoms with E-state index in [1.54, 1.807) is 6.21 Å². The lowest BCUT2D eigenvalue weighted by molar-refractivity contribution is -0.124. The highest BCUT2D eigenvalue weighted by Gasteiger charge is 2.10. The van der Waals surface area contributed by atoms with E-state index in [0.29, 0.717) is 6.61 Å². The maximum absolute atomic E-state index is 12.1. The molecule has 0 aliphatic rings. The normalized spacial score (nSPS) is 10.7. The summed E-state index contributed by atoms with van der Waals surface area (Å²) in [5.74, 6) is 0.282. The molecule has 148 valence electrons. The Morgan fingerprint density at radius 3 is 2.21 bits per heavy atom. The van der Waals surface area contributed by atoms with Crippen molar-refractivity contribution in [3.8, 4) is 5.75 Å². The maximum Gasteiger partial charge on any atom is 0.240 e. The number of hydrogen-bond acceptors (Lipinski definition) is 4. The fraction of sp³-hybridized carbons (Fsp3) is 0.318. The summed E-state index contributed by atoms with van der Waals surface area (Å²) in [5, 5.41) is 6.81. The van der Waals surface area contributed by atoms with Gasteiger partial charge in [0.1, 0.15) is 5.75 Å². The molecule has 0 bridgehead atoms. The molecule has 0 fully saturated rings. The van der Waals surface area contributed by atoms with Gasteiger partial charge in [-0.1, -0.05) is 17.7 Å². The molecule has 0 saturated heterocycles. The van der Waals surface area contributed by atoms with Crippen LogP contribution in [0.4, 0.5) is 5.69 Å². The highest BCUT2D eigenvalue weighted by atomic mass is 16.5. The smallest absolute Gasteiger partial charge is 0.240 e. The van der Waals surface area contributed by atoms with Crippen LogP contribution in [-0.4, -0.2) is 24.6 Å². The lowest BCUT2D eigenvalue weighted by Gasteiger charge is -2.12. The molecule has 2 N–H and O–H groups in total. The quantitative estimate of drug-likeness (QED) is 0.538. The van der Waals surface area contributed by atoms with Crippen molar-refractivity contribution in [2.45, 2.75) is 40.5 Å². The van der Waals surface area contributed by atoms with E-state index < -0.39 is 0 Å². The molecule has 0 aliphatic heterocycles. The molecule has 0 unspecified atom stereocenters. The summed E-state index contributed by atoms with van der Waals surface area (Å²) >= 11 is 0. The average Bonchev–Trinajstić information content (AvgIpc) is 2.64. The molecule has 0 spiro atoms. The minimum atomic E-state index is -0.310. The number of hydrazone groups is 1. The van der Waals surface area contributed by atoms with Crippen molar-refractivity contribution >= 4 is 23.7 Å². The molecular weight excluding hydrogens is 354 g/mol. The molecule has 2 rings (SSSR count). The molecular formula is C22H27N3O3. The van der Waals surface area contributed by atoms with Gasteiger partial charge in [-0.05, 0) is 68.7 Å². The molecule has 2 amide bonds. The van der Waals surface area contributed by atoms with E-state index in [-0.39, 0.29) is 24.7 Å². The van der Waals surface area contributed by atoms with Gasteiger partial charge in [-0.15, -0.1) is 0 Å². The van der Waals surface area contributed by atoms with Gasteiger partial charge in [0.05, 0.1) is 12.8 Å². The number of nitrogens with zero attached hydrogens (tertiary/aromatic N) is 1. The van der Waals surface area contributed by atoms with Crippen LogP contribution in [0.1, 0.15) is 42.0 Å². The number of anilines is 1. The van der Waals surface area contributed by atoms with Crippen molar-refractivity contribution < 1.29 is 14.3 Å². The van der Waals surface area contributed by atoms with Crippen molar-refractivity contribution in [2.24, 2.45) is 5.10 Å². The fourth-order valence-corrected chi connectivity index (χ4v) is 2.86. The van der Waals surface area contributed by atoms with Crippen molar-refractivity contribution in [2.75, 3.05) is 11.9 Å². The summed E-state index contributed by atoms with van der Waals surface area (Å²) in [4.78, 5) is 24.0. The van der Waals surface area contributed by atoms with Crippen LogP contribution < -0.4 is 15.5 Å². The van der Waals surface area contributed by atoms with Crippen LogP contribution in [0, 0.1) is 20.8 Å². The highest BCUT2D eigenvalue weighted by Crippen LogP contribution is 2.22. The summed E-state index contributed by atoms with van der Waals surface area (Å²) in [6, 6.07) is 11.4. The Morgan fingerprint density at radius 1 is 1.00 bits per heavy atom. The number of rotatable bonds is 8. The van der Waals surface area contributed by atoms with Gasteiger partial charge in [-0.25, -0.2) is 5.43 Å². The minimum Gasteiger partial charge on any atom is -0.494 e. The van der Waals surface area contributed by atoms with Gasteiger partial charge in [0.2, 0.25) is 11.8 Å². The Bertz CT molecular complexity index is 835. The number of ether oxygens (including phenoxy) is 1. The Morgan fingerprint density at radius 2 is 1.61 bits per heavy atom. The Labute approximate surface area is 166 Å². The standard InChI is InChI=1S/C22H27N3O3/c1-5-28-19-8-6-18(7-9-19)14-23-25-21(27)11-10-20(26)24-22-16(3)12-15(2)13-17(22)4/h6-9,12-14H,5,10-11H2,1-4H3,(H,24,26)(H,25,27)/b23-14+. The number of amides is 2. The predicted molar refractivity (Wildman–Crippen MR) is 112 cm³/mol. The minimum absolute atomic E-state index is 0.0659. The zero-order valence-electron chi connectivity index (χ0n) is 16.8. The van der Waals surface area contributed by atoms with Crippen LogP contribution in [0.3, 0.4) is 0 Å². The van der Waals surface area contributed by atoms with E-state index in [1.165, 1.54) is 0 Å². The second-order valence-corrected chi connectivity index (χ2v) is 6.62. The molecule has 0 radical (unpaired) electrons. The molecule has 0 saturated carbocycles. The van der Waals surface area contributed by atoms with Crippen molar-refractivity contribution in [1.29, 1.82) is 0 Å². The van der Waals surface area contributed by atoms with E-state index >= 15 is 0 Å². The zero-order valence-corrected chi connectivity index (χ0v) is 16.8. The number of hydrogen-bond donors (Lipinski definition) is 2. The van der Waals surface area contributed by atoms with Gasteiger partial charge >= 0.3 is 0 Å². The molecule has 6 nitrogen and oxygen atoms in total. The van der Waals surface area contributed by atoms with Crippen molar-refractivity contribution in [3.05, 3.63) is 58.7 Å². The molecule has 2 aromatic rings. The van der Waals surface area contributed by atoms with Gasteiger partial charge in [0.25, 0.3) is 0 Å². The summed E-state index contributed by atoms with van der Waals surface area (Å²) in [5.41, 5.74) is 7.26. The first-order valence-electron chi connectivity index (χ1n) is 9.31.